The Morgan fingerprint density at radius 3 is 2.19 bits per heavy atom. The average Bonchev–Trinajstić information content (AvgIpc) is 2.70. The van der Waals surface area contributed by atoms with Crippen LogP contribution in [0.4, 0.5) is 13.2 Å². The van der Waals surface area contributed by atoms with Gasteiger partial charge in [-0.3, -0.25) is 4.79 Å². The predicted octanol–water partition coefficient (Wildman–Crippen LogP) is 5.89. The quantitative estimate of drug-likeness (QED) is 0.363. The number of hydrogen-bond donors (Lipinski definition) is 2. The van der Waals surface area contributed by atoms with Crippen molar-refractivity contribution in [2.24, 2.45) is 0 Å². The van der Waals surface area contributed by atoms with Crippen LogP contribution >= 0.6 is 11.6 Å². The van der Waals surface area contributed by atoms with Gasteiger partial charge < -0.3 is 5.11 Å². The van der Waals surface area contributed by atoms with Crippen LogP contribution in [0.5, 0.6) is 0 Å². The highest BCUT2D eigenvalue weighted by Gasteiger charge is 2.27. The van der Waals surface area contributed by atoms with E-state index in [2.05, 4.69) is 4.72 Å². The average molecular weight is 492 g/mol. The Balaban J connectivity index is 2.14. The number of aryl methyl sites for hydroxylation is 1. The monoisotopic (exact) mass is 491 g/mol. The molecule has 5 nitrogen and oxygen atoms in total. The van der Waals surface area contributed by atoms with Crippen molar-refractivity contribution < 1.29 is 31.5 Å². The van der Waals surface area contributed by atoms with Crippen LogP contribution in [0, 0.1) is 0 Å². The topological polar surface area (TPSA) is 83.5 Å². The van der Waals surface area contributed by atoms with Gasteiger partial charge in [-0.2, -0.15) is 13.2 Å². The van der Waals surface area contributed by atoms with E-state index < -0.39 is 34.6 Å². The van der Waals surface area contributed by atoms with E-state index >= 15 is 0 Å². The number of aliphatic carboxylic acids is 1. The summed E-state index contributed by atoms with van der Waals surface area (Å²) in [5, 5.41) is 9.12. The van der Waals surface area contributed by atoms with Gasteiger partial charge in [0, 0.05) is 23.9 Å². The molecule has 32 heavy (non-hydrogen) atoms. The van der Waals surface area contributed by atoms with Crippen molar-refractivity contribution in [3.05, 3.63) is 64.7 Å². The lowest BCUT2D eigenvalue weighted by Crippen LogP contribution is -2.29. The smallest absolute Gasteiger partial charge is 0.389 e. The van der Waals surface area contributed by atoms with Gasteiger partial charge in [0.05, 0.1) is 4.90 Å². The molecule has 1 atom stereocenters. The zero-order chi connectivity index (χ0) is 23.8. The maximum atomic E-state index is 12.8. The van der Waals surface area contributed by atoms with E-state index in [4.69, 9.17) is 16.7 Å². The summed E-state index contributed by atoms with van der Waals surface area (Å²) in [6, 6.07) is 11.9. The summed E-state index contributed by atoms with van der Waals surface area (Å²) < 4.78 is 65.6. The lowest BCUT2D eigenvalue weighted by Gasteiger charge is -2.20. The summed E-state index contributed by atoms with van der Waals surface area (Å²) in [4.78, 5) is 10.7. The maximum absolute atomic E-state index is 12.8. The van der Waals surface area contributed by atoms with Crippen LogP contribution in [-0.4, -0.2) is 25.7 Å². The van der Waals surface area contributed by atoms with Crippen molar-refractivity contribution in [1.29, 1.82) is 0 Å². The summed E-state index contributed by atoms with van der Waals surface area (Å²) in [7, 11) is -3.92. The van der Waals surface area contributed by atoms with E-state index in [1.807, 2.05) is 0 Å². The summed E-state index contributed by atoms with van der Waals surface area (Å²) in [5.74, 6) is -0.878. The third kappa shape index (κ3) is 9.18. The van der Waals surface area contributed by atoms with Gasteiger partial charge in [0.2, 0.25) is 10.0 Å². The Hall–Kier alpha value is -2.10. The summed E-state index contributed by atoms with van der Waals surface area (Å²) in [6.45, 7) is 0. The van der Waals surface area contributed by atoms with Crippen LogP contribution in [0.3, 0.4) is 0 Å². The van der Waals surface area contributed by atoms with Crippen LogP contribution in [0.15, 0.2) is 53.4 Å². The molecule has 0 spiro atoms. The number of nitrogens with one attached hydrogen (secondary N) is 1. The predicted molar refractivity (Wildman–Crippen MR) is 116 cm³/mol. The van der Waals surface area contributed by atoms with E-state index in [0.717, 1.165) is 5.56 Å². The van der Waals surface area contributed by atoms with Gasteiger partial charge >= 0.3 is 12.1 Å². The minimum Gasteiger partial charge on any atom is -0.481 e. The van der Waals surface area contributed by atoms with Crippen molar-refractivity contribution in [3.8, 4) is 0 Å². The Morgan fingerprint density at radius 1 is 1.00 bits per heavy atom. The fourth-order valence-electron chi connectivity index (χ4n) is 3.20. The molecule has 0 saturated carbocycles. The fourth-order valence-corrected chi connectivity index (χ4v) is 4.58. The number of sulfonamides is 1. The van der Waals surface area contributed by atoms with Crippen LogP contribution in [0.1, 0.15) is 55.7 Å². The molecular weight excluding hydrogens is 467 g/mol. The first-order valence-electron chi connectivity index (χ1n) is 10.1. The molecular formula is C22H25ClF3NO4S. The Kier molecular flexibility index (Phi) is 9.54. The molecule has 0 aliphatic heterocycles. The highest BCUT2D eigenvalue weighted by molar-refractivity contribution is 7.89. The van der Waals surface area contributed by atoms with Gasteiger partial charge in [-0.25, -0.2) is 13.1 Å². The van der Waals surface area contributed by atoms with E-state index in [-0.39, 0.29) is 30.6 Å². The van der Waals surface area contributed by atoms with Crippen molar-refractivity contribution >= 4 is 27.6 Å². The highest BCUT2D eigenvalue weighted by atomic mass is 35.5. The van der Waals surface area contributed by atoms with Gasteiger partial charge in [-0.1, -0.05) is 42.3 Å². The molecule has 2 rings (SSSR count). The number of rotatable bonds is 12. The highest BCUT2D eigenvalue weighted by Crippen LogP contribution is 2.27. The van der Waals surface area contributed by atoms with Gasteiger partial charge in [0.25, 0.3) is 0 Å². The summed E-state index contributed by atoms with van der Waals surface area (Å²) in [5.41, 5.74) is 1.52. The van der Waals surface area contributed by atoms with Crippen LogP contribution < -0.4 is 4.72 Å². The molecule has 0 amide bonds. The number of benzene rings is 2. The molecule has 176 valence electrons. The molecule has 0 saturated heterocycles. The number of carboxylic acid groups (broad SMARTS) is 1. The number of carboxylic acids is 1. The van der Waals surface area contributed by atoms with E-state index in [9.17, 15) is 26.4 Å². The zero-order valence-electron chi connectivity index (χ0n) is 17.2. The number of alkyl halides is 3. The molecule has 0 radical (unpaired) electrons. The largest absolute Gasteiger partial charge is 0.481 e. The number of hydrogen-bond acceptors (Lipinski definition) is 3. The van der Waals surface area contributed by atoms with Crippen molar-refractivity contribution in [3.63, 3.8) is 0 Å². The van der Waals surface area contributed by atoms with Crippen molar-refractivity contribution in [2.75, 3.05) is 0 Å². The molecule has 2 N–H and O–H groups in total. The molecule has 2 aromatic carbocycles. The summed E-state index contributed by atoms with van der Waals surface area (Å²) in [6.07, 6.45) is -3.82. The second-order valence-electron chi connectivity index (χ2n) is 7.48. The molecule has 0 aliphatic carbocycles. The third-order valence-electron chi connectivity index (χ3n) is 4.86. The second-order valence-corrected chi connectivity index (χ2v) is 9.63. The molecule has 2 aromatic rings. The summed E-state index contributed by atoms with van der Waals surface area (Å²) >= 11 is 5.81. The first-order chi connectivity index (χ1) is 15.0. The van der Waals surface area contributed by atoms with Crippen LogP contribution in [-0.2, 0) is 21.2 Å². The van der Waals surface area contributed by atoms with Crippen LogP contribution in [0.2, 0.25) is 5.02 Å². The molecule has 0 fully saturated rings. The second kappa shape index (κ2) is 11.7. The molecule has 0 aliphatic rings. The molecule has 10 heteroatoms. The van der Waals surface area contributed by atoms with Gasteiger partial charge in [-0.05, 0) is 61.1 Å². The standard InChI is InChI=1S/C22H25ClF3NO4S/c23-18-11-13-19(14-12-18)32(30,31)27-20(5-1-2-15-22(24,25)26)17-9-7-16(8-10-17)4-3-6-21(28)29/h7-14,20,27H,1-6,15H2,(H,28,29). The first kappa shape index (κ1) is 26.2. The number of halogens is 4. The maximum Gasteiger partial charge on any atom is 0.389 e. The van der Waals surface area contributed by atoms with E-state index in [1.165, 1.54) is 24.3 Å². The van der Waals surface area contributed by atoms with E-state index in [0.29, 0.717) is 23.4 Å². The molecule has 0 bridgehead atoms. The SMILES string of the molecule is O=C(O)CCCc1ccc(C(CCCCC(F)(F)F)NS(=O)(=O)c2ccc(Cl)cc2)cc1. The normalized spacial score (nSPS) is 13.1. The fraction of sp³-hybridized carbons (Fsp3) is 0.409. The Bertz CT molecular complexity index is 978. The zero-order valence-corrected chi connectivity index (χ0v) is 18.8. The molecule has 1 unspecified atom stereocenters. The van der Waals surface area contributed by atoms with Crippen molar-refractivity contribution in [2.45, 2.75) is 62.1 Å². The Labute approximate surface area is 190 Å². The lowest BCUT2D eigenvalue weighted by molar-refractivity contribution is -0.137. The Morgan fingerprint density at radius 2 is 1.62 bits per heavy atom. The van der Waals surface area contributed by atoms with Crippen molar-refractivity contribution in [1.82, 2.24) is 4.72 Å². The minimum absolute atomic E-state index is 0.00693. The molecule has 0 aromatic heterocycles. The number of carbonyl (C=O) groups is 1. The third-order valence-corrected chi connectivity index (χ3v) is 6.60. The molecule has 0 heterocycles. The number of unbranched alkanes of at least 4 members (excludes halogenated alkanes) is 1. The minimum atomic E-state index is -4.25. The van der Waals surface area contributed by atoms with Crippen LogP contribution in [0.25, 0.3) is 0 Å². The lowest BCUT2D eigenvalue weighted by atomic mass is 9.98. The van der Waals surface area contributed by atoms with Gasteiger partial charge in [0.15, 0.2) is 0 Å². The van der Waals surface area contributed by atoms with Gasteiger partial charge in [0.1, 0.15) is 0 Å². The first-order valence-corrected chi connectivity index (χ1v) is 12.0. The van der Waals surface area contributed by atoms with E-state index in [1.54, 1.807) is 24.3 Å². The van der Waals surface area contributed by atoms with Gasteiger partial charge in [-0.15, -0.1) is 0 Å².